The van der Waals surface area contributed by atoms with Crippen LogP contribution in [0.2, 0.25) is 0 Å². The maximum absolute atomic E-state index is 13.6. The monoisotopic (exact) mass is 775 g/mol. The van der Waals surface area contributed by atoms with Crippen molar-refractivity contribution in [1.29, 1.82) is 0 Å². The number of methoxy groups -OCH3 is 2. The van der Waals surface area contributed by atoms with Crippen molar-refractivity contribution in [3.05, 3.63) is 112 Å². The van der Waals surface area contributed by atoms with Crippen LogP contribution in [0.5, 0.6) is 11.5 Å². The van der Waals surface area contributed by atoms with Crippen LogP contribution in [0.4, 0.5) is 11.5 Å². The average Bonchev–Trinajstić information content (AvgIpc) is 3.56. The molecular formula is C41H54N5O8P. The topological polar surface area (TPSA) is 126 Å². The van der Waals surface area contributed by atoms with Gasteiger partial charge >= 0.3 is 5.69 Å². The molecule has 1 saturated heterocycles. The van der Waals surface area contributed by atoms with E-state index in [0.29, 0.717) is 23.6 Å². The van der Waals surface area contributed by atoms with Gasteiger partial charge in [0.15, 0.2) is 5.82 Å². The Bertz CT molecular complexity index is 1850. The zero-order valence-corrected chi connectivity index (χ0v) is 34.3. The number of anilines is 2. The van der Waals surface area contributed by atoms with E-state index in [1.54, 1.807) is 32.4 Å². The Morgan fingerprint density at radius 3 is 1.93 bits per heavy atom. The molecule has 296 valence electrons. The van der Waals surface area contributed by atoms with Crippen LogP contribution >= 0.6 is 8.53 Å². The Labute approximate surface area is 325 Å². The molecule has 1 fully saturated rings. The summed E-state index contributed by atoms with van der Waals surface area (Å²) < 4.78 is 41.7. The minimum Gasteiger partial charge on any atom is -0.497 e. The summed E-state index contributed by atoms with van der Waals surface area (Å²) in [6, 6.07) is 25.9. The molecule has 0 aliphatic carbocycles. The van der Waals surface area contributed by atoms with Crippen LogP contribution in [-0.4, -0.2) is 86.5 Å². The zero-order valence-electron chi connectivity index (χ0n) is 33.4. The number of carbonyl (C=O) groups is 1. The number of hydrogen-bond donors (Lipinski definition) is 1. The number of hydrogen-bond acceptors (Lipinski definition) is 11. The highest BCUT2D eigenvalue weighted by Crippen LogP contribution is 2.50. The fraction of sp³-hybridized carbons (Fsp3) is 0.439. The Hall–Kier alpha value is -4.36. The summed E-state index contributed by atoms with van der Waals surface area (Å²) in [6.07, 6.45) is -0.0199. The molecule has 0 spiro atoms. The number of rotatable bonds is 17. The van der Waals surface area contributed by atoms with Gasteiger partial charge in [-0.3, -0.25) is 9.36 Å². The number of aromatic nitrogens is 2. The molecule has 4 atom stereocenters. The summed E-state index contributed by atoms with van der Waals surface area (Å²) >= 11 is 0. The number of benzene rings is 3. The van der Waals surface area contributed by atoms with Crippen molar-refractivity contribution in [2.24, 2.45) is 0 Å². The van der Waals surface area contributed by atoms with Gasteiger partial charge in [0.1, 0.15) is 29.4 Å². The maximum atomic E-state index is 13.6. The summed E-state index contributed by atoms with van der Waals surface area (Å²) in [5, 5.41) is 2.67. The van der Waals surface area contributed by atoms with Crippen LogP contribution in [0.25, 0.3) is 0 Å². The predicted octanol–water partition coefficient (Wildman–Crippen LogP) is 6.96. The molecule has 1 unspecified atom stereocenters. The minimum absolute atomic E-state index is 0.0665. The molecule has 5 rings (SSSR count). The van der Waals surface area contributed by atoms with E-state index in [2.05, 4.69) is 42.7 Å². The Kier molecular flexibility index (Phi) is 14.1. The van der Waals surface area contributed by atoms with Crippen LogP contribution in [0.1, 0.15) is 64.0 Å². The lowest BCUT2D eigenvalue weighted by Crippen LogP contribution is -2.39. The summed E-state index contributed by atoms with van der Waals surface area (Å²) in [5.74, 6) is 1.26. The average molecular weight is 776 g/mol. The van der Waals surface area contributed by atoms with Crippen molar-refractivity contribution in [2.75, 3.05) is 52.2 Å². The van der Waals surface area contributed by atoms with Gasteiger partial charge in [0.05, 0.1) is 32.6 Å². The first-order valence-corrected chi connectivity index (χ1v) is 19.5. The van der Waals surface area contributed by atoms with E-state index < -0.39 is 38.3 Å². The highest BCUT2D eigenvalue weighted by atomic mass is 31.2. The van der Waals surface area contributed by atoms with Crippen LogP contribution in [0, 0.1) is 0 Å². The SMILES string of the molecule is COc1ccc(C(OC[C@H]2O[C@@H](n3cc(N(C)C)c(NC(C)=O)nc3=O)C[C@@H]2OP(OC)N(C(C)C)C(C)C)(c2ccccc2)c2ccc(OC)cc2)cc1. The second-order valence-electron chi connectivity index (χ2n) is 14.1. The van der Waals surface area contributed by atoms with Gasteiger partial charge in [-0.1, -0.05) is 54.6 Å². The third kappa shape index (κ3) is 9.37. The molecule has 0 bridgehead atoms. The maximum Gasteiger partial charge on any atom is 0.351 e. The fourth-order valence-corrected chi connectivity index (χ4v) is 8.54. The molecular weight excluding hydrogens is 721 g/mol. The number of nitrogens with one attached hydrogen (secondary N) is 1. The molecule has 55 heavy (non-hydrogen) atoms. The van der Waals surface area contributed by atoms with E-state index in [1.165, 1.54) is 11.5 Å². The standard InChI is InChI=1S/C41H54N5O8P/c1-27(2)46(28(3)4)55(51-10)54-36-24-38(45-25-35(44(6)7)39(42-29(5)47)43-40(45)48)53-37(36)26-52-41(30-14-12-11-13-15-30,31-16-20-33(49-8)21-17-31)32-18-22-34(50-9)23-19-32/h11-23,25,27-28,36-38H,24,26H2,1-10H3,(H,42,43,47,48)/t36-,37+,38+,55?/m0/s1. The van der Waals surface area contributed by atoms with Crippen molar-refractivity contribution in [1.82, 2.24) is 14.2 Å². The number of amides is 1. The third-order valence-corrected chi connectivity index (χ3v) is 11.5. The molecule has 1 aliphatic heterocycles. The van der Waals surface area contributed by atoms with Crippen LogP contribution in [-0.2, 0) is 28.9 Å². The molecule has 2 heterocycles. The number of nitrogens with zero attached hydrogens (tertiary/aromatic N) is 4. The molecule has 1 N–H and O–H groups in total. The minimum atomic E-state index is -1.54. The fourth-order valence-electron chi connectivity index (χ4n) is 6.95. The first kappa shape index (κ1) is 41.8. The molecule has 4 aromatic rings. The van der Waals surface area contributed by atoms with Crippen molar-refractivity contribution >= 4 is 25.9 Å². The van der Waals surface area contributed by atoms with Gasteiger partial charge in [0, 0.05) is 52.8 Å². The summed E-state index contributed by atoms with van der Waals surface area (Å²) in [7, 11) is 7.01. The van der Waals surface area contributed by atoms with E-state index in [0.717, 1.165) is 16.7 Å². The second kappa shape index (κ2) is 18.5. The highest BCUT2D eigenvalue weighted by molar-refractivity contribution is 7.44. The van der Waals surface area contributed by atoms with Gasteiger partial charge in [-0.05, 0) is 68.7 Å². The van der Waals surface area contributed by atoms with E-state index >= 15 is 0 Å². The molecule has 0 radical (unpaired) electrons. The van der Waals surface area contributed by atoms with Crippen LogP contribution < -0.4 is 25.4 Å². The van der Waals surface area contributed by atoms with Gasteiger partial charge in [0.2, 0.25) is 5.91 Å². The molecule has 13 nitrogen and oxygen atoms in total. The van der Waals surface area contributed by atoms with Crippen molar-refractivity contribution in [3.63, 3.8) is 0 Å². The number of ether oxygens (including phenoxy) is 4. The lowest BCUT2D eigenvalue weighted by Gasteiger charge is -2.38. The van der Waals surface area contributed by atoms with E-state index in [-0.39, 0.29) is 30.4 Å². The third-order valence-electron chi connectivity index (χ3n) is 9.47. The molecule has 0 saturated carbocycles. The van der Waals surface area contributed by atoms with Crippen molar-refractivity contribution in [2.45, 2.75) is 77.2 Å². The van der Waals surface area contributed by atoms with Crippen molar-refractivity contribution < 1.29 is 32.8 Å². The Morgan fingerprint density at radius 2 is 1.45 bits per heavy atom. The smallest absolute Gasteiger partial charge is 0.351 e. The van der Waals surface area contributed by atoms with E-state index in [4.69, 9.17) is 28.0 Å². The highest BCUT2D eigenvalue weighted by Gasteiger charge is 2.45. The lowest BCUT2D eigenvalue weighted by molar-refractivity contribution is -0.114. The van der Waals surface area contributed by atoms with Gasteiger partial charge in [-0.15, -0.1) is 0 Å². The number of carbonyl (C=O) groups excluding carboxylic acids is 1. The summed E-state index contributed by atoms with van der Waals surface area (Å²) in [5.41, 5.74) is 1.48. The van der Waals surface area contributed by atoms with Crippen molar-refractivity contribution in [3.8, 4) is 11.5 Å². The summed E-state index contributed by atoms with van der Waals surface area (Å²) in [6.45, 7) is 9.86. The van der Waals surface area contributed by atoms with E-state index in [9.17, 15) is 9.59 Å². The lowest BCUT2D eigenvalue weighted by atomic mass is 9.80. The zero-order chi connectivity index (χ0) is 39.9. The molecule has 3 aromatic carbocycles. The Morgan fingerprint density at radius 1 is 0.909 bits per heavy atom. The molecule has 14 heteroatoms. The van der Waals surface area contributed by atoms with Crippen LogP contribution in [0.15, 0.2) is 89.9 Å². The van der Waals surface area contributed by atoms with Gasteiger partial charge in [-0.2, -0.15) is 4.98 Å². The Balaban J connectivity index is 1.61. The largest absolute Gasteiger partial charge is 0.497 e. The van der Waals surface area contributed by atoms with E-state index in [1.807, 2.05) is 93.0 Å². The first-order chi connectivity index (χ1) is 26.3. The van der Waals surface area contributed by atoms with Gasteiger partial charge in [-0.25, -0.2) is 9.46 Å². The van der Waals surface area contributed by atoms with Crippen LogP contribution in [0.3, 0.4) is 0 Å². The molecule has 1 aliphatic rings. The molecule has 1 amide bonds. The summed E-state index contributed by atoms with van der Waals surface area (Å²) in [4.78, 5) is 31.6. The first-order valence-electron chi connectivity index (χ1n) is 18.3. The normalized spacial score (nSPS) is 17.8. The quantitative estimate of drug-likeness (QED) is 0.0884. The molecule has 1 aromatic heterocycles. The second-order valence-corrected chi connectivity index (χ2v) is 15.6. The predicted molar refractivity (Wildman–Crippen MR) is 215 cm³/mol. The van der Waals surface area contributed by atoms with Gasteiger partial charge in [0.25, 0.3) is 8.53 Å². The van der Waals surface area contributed by atoms with Gasteiger partial charge < -0.3 is 38.2 Å².